The van der Waals surface area contributed by atoms with Crippen LogP contribution in [-0.4, -0.2) is 20.3 Å². The van der Waals surface area contributed by atoms with Gasteiger partial charge >= 0.3 is 0 Å². The van der Waals surface area contributed by atoms with Gasteiger partial charge in [0.2, 0.25) is 0 Å². The molecule has 156 valence electrons. The van der Waals surface area contributed by atoms with Crippen LogP contribution in [0, 0.1) is 0 Å². The average Bonchev–Trinajstić information content (AvgIpc) is 3.24. The zero-order valence-electron chi connectivity index (χ0n) is 16.7. The van der Waals surface area contributed by atoms with E-state index in [4.69, 9.17) is 11.6 Å². The highest BCUT2D eigenvalue weighted by Crippen LogP contribution is 2.14. The fourth-order valence-electron chi connectivity index (χ4n) is 3.21. The molecule has 6 nitrogen and oxygen atoms in total. The highest BCUT2D eigenvalue weighted by molar-refractivity contribution is 6.31. The van der Waals surface area contributed by atoms with Crippen LogP contribution >= 0.6 is 11.6 Å². The Hall–Kier alpha value is -3.64. The number of carbonyl (C=O) groups is 1. The van der Waals surface area contributed by atoms with E-state index in [0.717, 1.165) is 16.7 Å². The van der Waals surface area contributed by atoms with E-state index in [1.807, 2.05) is 48.5 Å². The van der Waals surface area contributed by atoms with Gasteiger partial charge < -0.3 is 9.88 Å². The summed E-state index contributed by atoms with van der Waals surface area (Å²) in [4.78, 5) is 24.3. The Balaban J connectivity index is 1.35. The number of rotatable bonds is 7. The lowest BCUT2D eigenvalue weighted by atomic mass is 10.1. The summed E-state index contributed by atoms with van der Waals surface area (Å²) in [5, 5.41) is 7.78. The zero-order valence-corrected chi connectivity index (χ0v) is 17.5. The van der Waals surface area contributed by atoms with E-state index >= 15 is 0 Å². The first-order chi connectivity index (χ1) is 15.1. The molecule has 2 aromatic heterocycles. The van der Waals surface area contributed by atoms with Crippen LogP contribution in [0.15, 0.2) is 90.1 Å². The van der Waals surface area contributed by atoms with Gasteiger partial charge in [0.05, 0.1) is 24.8 Å². The average molecular weight is 433 g/mol. The highest BCUT2D eigenvalue weighted by Gasteiger charge is 2.10. The largest absolute Gasteiger partial charge is 0.348 e. The zero-order chi connectivity index (χ0) is 21.6. The Morgan fingerprint density at radius 1 is 0.935 bits per heavy atom. The van der Waals surface area contributed by atoms with Gasteiger partial charge in [-0.2, -0.15) is 5.10 Å². The Bertz CT molecular complexity index is 1240. The Labute approximate surface area is 184 Å². The van der Waals surface area contributed by atoms with Crippen LogP contribution in [0.1, 0.15) is 27.0 Å². The minimum atomic E-state index is -0.199. The first-order valence-electron chi connectivity index (χ1n) is 9.86. The molecule has 0 atom stereocenters. The van der Waals surface area contributed by atoms with E-state index < -0.39 is 0 Å². The molecule has 31 heavy (non-hydrogen) atoms. The summed E-state index contributed by atoms with van der Waals surface area (Å²) in [5.41, 5.74) is 3.42. The number of benzene rings is 2. The maximum Gasteiger partial charge on any atom is 0.254 e. The van der Waals surface area contributed by atoms with Crippen LogP contribution in [0.3, 0.4) is 0 Å². The Morgan fingerprint density at radius 3 is 2.39 bits per heavy atom. The molecule has 0 saturated carbocycles. The lowest BCUT2D eigenvalue weighted by Gasteiger charge is -2.07. The number of hydrogen-bond donors (Lipinski definition) is 1. The summed E-state index contributed by atoms with van der Waals surface area (Å²) >= 11 is 6.13. The first kappa shape index (κ1) is 20.6. The molecule has 0 radical (unpaired) electrons. The fraction of sp³-hybridized carbons (Fsp3) is 0.125. The standard InChI is InChI=1S/C24H21ClN4O2/c25-22-6-2-1-5-20(22)13-26-24(31)21-14-27-29(17-21)16-19-10-8-18(9-11-19)15-28-12-4-3-7-23(28)30/h1-12,14,17H,13,15-16H2,(H,26,31). The van der Waals surface area contributed by atoms with Crippen LogP contribution in [0.5, 0.6) is 0 Å². The van der Waals surface area contributed by atoms with Crippen molar-refractivity contribution in [3.05, 3.63) is 123 Å². The van der Waals surface area contributed by atoms with Crippen molar-refractivity contribution in [2.75, 3.05) is 0 Å². The predicted octanol–water partition coefficient (Wildman–Crippen LogP) is 3.72. The summed E-state index contributed by atoms with van der Waals surface area (Å²) in [6, 6.07) is 20.5. The molecule has 7 heteroatoms. The van der Waals surface area contributed by atoms with Crippen LogP contribution in [-0.2, 0) is 19.6 Å². The van der Waals surface area contributed by atoms with Crippen molar-refractivity contribution in [3.63, 3.8) is 0 Å². The van der Waals surface area contributed by atoms with E-state index in [0.29, 0.717) is 30.2 Å². The molecule has 2 aromatic carbocycles. The molecule has 1 N–H and O–H groups in total. The topological polar surface area (TPSA) is 68.9 Å². The monoisotopic (exact) mass is 432 g/mol. The van der Waals surface area contributed by atoms with E-state index in [1.165, 1.54) is 0 Å². The number of hydrogen-bond acceptors (Lipinski definition) is 3. The van der Waals surface area contributed by atoms with Gasteiger partial charge in [0.25, 0.3) is 11.5 Å². The second-order valence-corrected chi connectivity index (χ2v) is 7.59. The predicted molar refractivity (Wildman–Crippen MR) is 120 cm³/mol. The van der Waals surface area contributed by atoms with E-state index in [1.54, 1.807) is 46.0 Å². The number of amides is 1. The maximum atomic E-state index is 12.4. The van der Waals surface area contributed by atoms with Crippen molar-refractivity contribution in [1.29, 1.82) is 0 Å². The molecule has 2 heterocycles. The van der Waals surface area contributed by atoms with Crippen LogP contribution < -0.4 is 10.9 Å². The maximum absolute atomic E-state index is 12.4. The minimum Gasteiger partial charge on any atom is -0.348 e. The van der Waals surface area contributed by atoms with Gasteiger partial charge in [-0.05, 0) is 28.8 Å². The summed E-state index contributed by atoms with van der Waals surface area (Å²) in [6.07, 6.45) is 5.05. The van der Waals surface area contributed by atoms with Crippen molar-refractivity contribution >= 4 is 17.5 Å². The number of nitrogens with one attached hydrogen (secondary N) is 1. The fourth-order valence-corrected chi connectivity index (χ4v) is 3.41. The molecular weight excluding hydrogens is 412 g/mol. The molecule has 0 unspecified atom stereocenters. The quantitative estimate of drug-likeness (QED) is 0.484. The Morgan fingerprint density at radius 2 is 1.65 bits per heavy atom. The van der Waals surface area contributed by atoms with Crippen molar-refractivity contribution in [1.82, 2.24) is 19.7 Å². The van der Waals surface area contributed by atoms with Crippen LogP contribution in [0.2, 0.25) is 5.02 Å². The summed E-state index contributed by atoms with van der Waals surface area (Å²) in [6.45, 7) is 1.43. The van der Waals surface area contributed by atoms with Crippen molar-refractivity contribution in [3.8, 4) is 0 Å². The SMILES string of the molecule is O=C(NCc1ccccc1Cl)c1cnn(Cc2ccc(Cn3ccccc3=O)cc2)c1. The van der Waals surface area contributed by atoms with Crippen LogP contribution in [0.25, 0.3) is 0 Å². The Kier molecular flexibility index (Phi) is 6.29. The normalized spacial score (nSPS) is 10.7. The smallest absolute Gasteiger partial charge is 0.254 e. The molecule has 0 aliphatic rings. The van der Waals surface area contributed by atoms with E-state index in [2.05, 4.69) is 10.4 Å². The second kappa shape index (κ2) is 9.45. The number of nitrogens with zero attached hydrogens (tertiary/aromatic N) is 3. The molecule has 4 aromatic rings. The van der Waals surface area contributed by atoms with Gasteiger partial charge in [0, 0.05) is 30.0 Å². The van der Waals surface area contributed by atoms with E-state index in [-0.39, 0.29) is 11.5 Å². The number of aromatic nitrogens is 3. The summed E-state index contributed by atoms with van der Waals surface area (Å²) in [5.74, 6) is -0.199. The first-order valence-corrected chi connectivity index (χ1v) is 10.2. The third-order valence-corrected chi connectivity index (χ3v) is 5.28. The third-order valence-electron chi connectivity index (χ3n) is 4.91. The number of carbonyl (C=O) groups excluding carboxylic acids is 1. The van der Waals surface area contributed by atoms with Gasteiger partial charge in [-0.15, -0.1) is 0 Å². The van der Waals surface area contributed by atoms with Crippen molar-refractivity contribution in [2.24, 2.45) is 0 Å². The molecule has 0 fully saturated rings. The lowest BCUT2D eigenvalue weighted by Crippen LogP contribution is -2.22. The molecule has 0 saturated heterocycles. The van der Waals surface area contributed by atoms with Gasteiger partial charge in [0.1, 0.15) is 0 Å². The third kappa shape index (κ3) is 5.29. The van der Waals surface area contributed by atoms with Gasteiger partial charge in [-0.1, -0.05) is 60.1 Å². The summed E-state index contributed by atoms with van der Waals surface area (Å²) < 4.78 is 3.39. The molecule has 0 aliphatic heterocycles. The van der Waals surface area contributed by atoms with Crippen molar-refractivity contribution in [2.45, 2.75) is 19.6 Å². The number of pyridine rings is 1. The number of halogens is 1. The van der Waals surface area contributed by atoms with E-state index in [9.17, 15) is 9.59 Å². The van der Waals surface area contributed by atoms with Gasteiger partial charge in [-0.3, -0.25) is 14.3 Å². The lowest BCUT2D eigenvalue weighted by molar-refractivity contribution is 0.0951. The second-order valence-electron chi connectivity index (χ2n) is 7.18. The molecule has 0 aliphatic carbocycles. The highest BCUT2D eigenvalue weighted by atomic mass is 35.5. The van der Waals surface area contributed by atoms with Gasteiger partial charge in [-0.25, -0.2) is 0 Å². The van der Waals surface area contributed by atoms with Crippen molar-refractivity contribution < 1.29 is 4.79 Å². The molecular formula is C24H21ClN4O2. The molecule has 1 amide bonds. The van der Waals surface area contributed by atoms with Crippen LogP contribution in [0.4, 0.5) is 0 Å². The van der Waals surface area contributed by atoms with Gasteiger partial charge in [0.15, 0.2) is 0 Å². The molecule has 0 bridgehead atoms. The summed E-state index contributed by atoms with van der Waals surface area (Å²) in [7, 11) is 0. The molecule has 4 rings (SSSR count). The molecule has 0 spiro atoms. The minimum absolute atomic E-state index is 0.0246.